The van der Waals surface area contributed by atoms with Crippen molar-refractivity contribution in [3.8, 4) is 11.5 Å². The summed E-state index contributed by atoms with van der Waals surface area (Å²) in [6, 6.07) is 4.32. The molecule has 4 N–H and O–H groups in total. The number of allylic oxidation sites excluding steroid dienone is 4. The van der Waals surface area contributed by atoms with E-state index in [1.807, 2.05) is 0 Å². The molecule has 1 aromatic rings. The fourth-order valence-electron chi connectivity index (χ4n) is 7.09. The predicted molar refractivity (Wildman–Crippen MR) is 154 cm³/mol. The summed E-state index contributed by atoms with van der Waals surface area (Å²) in [6.45, 7) is 11.2. The van der Waals surface area contributed by atoms with E-state index in [1.54, 1.807) is 13.0 Å². The Kier molecular flexibility index (Phi) is 10.00. The van der Waals surface area contributed by atoms with Gasteiger partial charge in [0.15, 0.2) is 0 Å². The highest BCUT2D eigenvalue weighted by atomic mass is 32.3. The van der Waals surface area contributed by atoms with E-state index in [1.165, 1.54) is 43.0 Å². The van der Waals surface area contributed by atoms with Crippen molar-refractivity contribution in [2.75, 3.05) is 0 Å². The monoisotopic (exact) mass is 562 g/mol. The molecule has 0 aromatic heterocycles. The highest BCUT2D eigenvalue weighted by molar-refractivity contribution is 7.81. The number of hydrogen-bond donors (Lipinski definition) is 4. The molecule has 218 valence electrons. The number of phenolic OH excluding ortho intramolecular Hbond substituents is 2. The van der Waals surface area contributed by atoms with Crippen molar-refractivity contribution in [2.45, 2.75) is 98.5 Å². The van der Waals surface area contributed by atoms with Gasteiger partial charge in [-0.15, -0.1) is 0 Å². The highest BCUT2D eigenvalue weighted by Gasteiger charge is 2.51. The van der Waals surface area contributed by atoms with Crippen LogP contribution in [0.5, 0.6) is 11.5 Å². The number of rotatable bonds is 11. The van der Waals surface area contributed by atoms with Gasteiger partial charge in [0.2, 0.25) is 0 Å². The minimum Gasteiger partial charge on any atom is -0.508 e. The van der Waals surface area contributed by atoms with Crippen LogP contribution in [0.1, 0.15) is 91.5 Å². The van der Waals surface area contributed by atoms with Crippen LogP contribution in [-0.4, -0.2) is 34.4 Å². The minimum atomic E-state index is -4.63. The molecule has 2 aliphatic rings. The summed E-state index contributed by atoms with van der Waals surface area (Å²) in [6.07, 6.45) is 11.8. The van der Waals surface area contributed by atoms with Gasteiger partial charge in [-0.2, -0.15) is 8.42 Å². The molecule has 1 saturated carbocycles. The van der Waals surface area contributed by atoms with E-state index in [4.69, 9.17) is 4.55 Å². The topological polar surface area (TPSA) is 124 Å². The van der Waals surface area contributed by atoms with Gasteiger partial charge >= 0.3 is 10.4 Å². The van der Waals surface area contributed by atoms with E-state index in [9.17, 15) is 23.7 Å². The molecular formula is C31H46O7S. The summed E-state index contributed by atoms with van der Waals surface area (Å²) in [5.74, 6) is 1.09. The maximum Gasteiger partial charge on any atom is 0.445 e. The average Bonchev–Trinajstić information content (AvgIpc) is 2.83. The third-order valence-corrected chi connectivity index (χ3v) is 9.70. The number of aliphatic hydroxyl groups excluding tert-OH is 1. The normalized spacial score (nSPS) is 26.5. The van der Waals surface area contributed by atoms with Crippen LogP contribution in [-0.2, 0) is 21.0 Å². The molecule has 2 unspecified atom stereocenters. The van der Waals surface area contributed by atoms with Crippen molar-refractivity contribution in [2.24, 2.45) is 22.7 Å². The van der Waals surface area contributed by atoms with Gasteiger partial charge in [-0.1, -0.05) is 44.9 Å². The number of phenols is 2. The van der Waals surface area contributed by atoms with Crippen molar-refractivity contribution in [3.63, 3.8) is 0 Å². The van der Waals surface area contributed by atoms with Gasteiger partial charge < -0.3 is 19.5 Å². The SMILES string of the molecule is CC1=CCC2C(C)(C)CCC[C@]2(C)[C@H]1CC/C(=C\OS(=O)(=O)O)CCC(O)/C(C)=C/Cc1cc(O)ccc1O. The van der Waals surface area contributed by atoms with Gasteiger partial charge in [0.25, 0.3) is 0 Å². The number of hydrogen-bond acceptors (Lipinski definition) is 6. The molecule has 2 aliphatic carbocycles. The quantitative estimate of drug-likeness (QED) is 0.0989. The van der Waals surface area contributed by atoms with Crippen LogP contribution in [0.25, 0.3) is 0 Å². The maximum absolute atomic E-state index is 11.3. The third-order valence-electron chi connectivity index (χ3n) is 9.36. The first-order chi connectivity index (χ1) is 18.1. The molecule has 0 bridgehead atoms. The van der Waals surface area contributed by atoms with Crippen molar-refractivity contribution >= 4 is 10.4 Å². The standard InChI is InChI=1S/C31H46O7S/c1-21-8-16-29-30(3,4)17-6-18-31(29,5)26(21)13-9-23(20-38-39(35,36)37)10-14-27(33)22(2)7-11-24-19-25(32)12-15-28(24)34/h7-8,12,15,19-20,26-27,29,32-34H,6,9-11,13-14,16-18H2,1-5H3,(H,35,36,37)/b22-7+,23-20+/t26-,27?,29?,31+/m0/s1. The van der Waals surface area contributed by atoms with Crippen LogP contribution in [0.4, 0.5) is 0 Å². The Bertz CT molecular complexity index is 1210. The lowest BCUT2D eigenvalue weighted by molar-refractivity contribution is -0.0391. The fraction of sp³-hybridized carbons (Fsp3) is 0.613. The first kappa shape index (κ1) is 31.2. The van der Waals surface area contributed by atoms with E-state index in [2.05, 4.69) is 38.0 Å². The molecule has 0 heterocycles. The zero-order valence-corrected chi connectivity index (χ0v) is 24.8. The molecule has 0 amide bonds. The number of fused-ring (bicyclic) bond motifs is 1. The first-order valence-electron chi connectivity index (χ1n) is 14.0. The second kappa shape index (κ2) is 12.5. The molecule has 1 fully saturated rings. The minimum absolute atomic E-state index is 0.0584. The molecule has 0 radical (unpaired) electrons. The number of aliphatic hydroxyl groups is 1. The zero-order valence-electron chi connectivity index (χ0n) is 24.0. The molecule has 8 heteroatoms. The van der Waals surface area contributed by atoms with Crippen LogP contribution in [0.3, 0.4) is 0 Å². The Labute approximate surface area is 234 Å². The lowest BCUT2D eigenvalue weighted by atomic mass is 9.48. The van der Waals surface area contributed by atoms with Crippen LogP contribution in [0.2, 0.25) is 0 Å². The van der Waals surface area contributed by atoms with Crippen LogP contribution < -0.4 is 0 Å². The van der Waals surface area contributed by atoms with Crippen molar-refractivity contribution in [1.29, 1.82) is 0 Å². The second-order valence-electron chi connectivity index (χ2n) is 12.5. The van der Waals surface area contributed by atoms with Crippen molar-refractivity contribution < 1.29 is 32.5 Å². The first-order valence-corrected chi connectivity index (χ1v) is 15.3. The molecular weight excluding hydrogens is 516 g/mol. The summed E-state index contributed by atoms with van der Waals surface area (Å²) >= 11 is 0. The van der Waals surface area contributed by atoms with Crippen molar-refractivity contribution in [1.82, 2.24) is 0 Å². The zero-order chi connectivity index (χ0) is 29.0. The summed E-state index contributed by atoms with van der Waals surface area (Å²) in [5.41, 5.74) is 3.81. The Balaban J connectivity index is 1.69. The van der Waals surface area contributed by atoms with Crippen molar-refractivity contribution in [3.05, 3.63) is 58.9 Å². The Morgan fingerprint density at radius 1 is 1.18 bits per heavy atom. The molecule has 4 atom stereocenters. The fourth-order valence-corrected chi connectivity index (χ4v) is 7.35. The molecule has 0 spiro atoms. The Morgan fingerprint density at radius 3 is 2.59 bits per heavy atom. The predicted octanol–water partition coefficient (Wildman–Crippen LogP) is 7.01. The summed E-state index contributed by atoms with van der Waals surface area (Å²) in [5, 5.41) is 30.4. The van der Waals surface area contributed by atoms with Crippen LogP contribution in [0, 0.1) is 22.7 Å². The Morgan fingerprint density at radius 2 is 1.90 bits per heavy atom. The van der Waals surface area contributed by atoms with Gasteiger partial charge in [0, 0.05) is 5.56 Å². The second-order valence-corrected chi connectivity index (χ2v) is 13.5. The van der Waals surface area contributed by atoms with Gasteiger partial charge in [-0.3, -0.25) is 4.55 Å². The van der Waals surface area contributed by atoms with Gasteiger partial charge in [-0.25, -0.2) is 0 Å². The number of benzene rings is 1. The van der Waals surface area contributed by atoms with Gasteiger partial charge in [-0.05, 0) is 117 Å². The smallest absolute Gasteiger partial charge is 0.445 e. The molecule has 0 saturated heterocycles. The van der Waals surface area contributed by atoms with Crippen LogP contribution >= 0.6 is 0 Å². The molecule has 1 aromatic carbocycles. The average molecular weight is 563 g/mol. The molecule has 0 aliphatic heterocycles. The molecule has 7 nitrogen and oxygen atoms in total. The van der Waals surface area contributed by atoms with E-state index in [-0.39, 0.29) is 22.3 Å². The largest absolute Gasteiger partial charge is 0.508 e. The van der Waals surface area contributed by atoms with Crippen LogP contribution in [0.15, 0.2) is 53.3 Å². The van der Waals surface area contributed by atoms with E-state index in [0.717, 1.165) is 24.7 Å². The Hall–Kier alpha value is -2.29. The van der Waals surface area contributed by atoms with Gasteiger partial charge in [0.05, 0.1) is 6.10 Å². The van der Waals surface area contributed by atoms with E-state index >= 15 is 0 Å². The van der Waals surface area contributed by atoms with E-state index in [0.29, 0.717) is 48.7 Å². The lowest BCUT2D eigenvalue weighted by Gasteiger charge is -2.57. The summed E-state index contributed by atoms with van der Waals surface area (Å²) < 4.78 is 36.4. The highest BCUT2D eigenvalue weighted by Crippen LogP contribution is 2.60. The number of aromatic hydroxyl groups is 2. The molecule has 3 rings (SSSR count). The summed E-state index contributed by atoms with van der Waals surface area (Å²) in [4.78, 5) is 0. The third kappa shape index (κ3) is 8.12. The lowest BCUT2D eigenvalue weighted by Crippen LogP contribution is -2.48. The summed E-state index contributed by atoms with van der Waals surface area (Å²) in [7, 11) is -4.63. The molecule has 39 heavy (non-hydrogen) atoms. The van der Waals surface area contributed by atoms with Gasteiger partial charge in [0.1, 0.15) is 17.8 Å². The maximum atomic E-state index is 11.3. The van der Waals surface area contributed by atoms with E-state index < -0.39 is 16.5 Å².